The van der Waals surface area contributed by atoms with Gasteiger partial charge in [0.05, 0.1) is 13.7 Å². The molecule has 26 heavy (non-hydrogen) atoms. The summed E-state index contributed by atoms with van der Waals surface area (Å²) in [5.41, 5.74) is 3.32. The largest absolute Gasteiger partial charge is 0.504 e. The lowest BCUT2D eigenvalue weighted by Gasteiger charge is -2.14. The minimum Gasteiger partial charge on any atom is -0.504 e. The first-order valence-electron chi connectivity index (χ1n) is 8.63. The van der Waals surface area contributed by atoms with Crippen LogP contribution in [0.1, 0.15) is 30.5 Å². The first-order valence-corrected chi connectivity index (χ1v) is 8.63. The molecule has 0 unspecified atom stereocenters. The first-order chi connectivity index (χ1) is 12.2. The van der Waals surface area contributed by atoms with Crippen molar-refractivity contribution in [1.29, 1.82) is 0 Å². The van der Waals surface area contributed by atoms with Gasteiger partial charge in [-0.25, -0.2) is 4.99 Å². The number of methoxy groups -OCH3 is 1. The standard InChI is InChI=1S/C20H27N3O2.HI/c1-4-15-9-6-7-10-16(15)13-22-20(21-5-2)23-14-17-11-8-12-18(25-3)19(17)24;/h6-12,24H,4-5,13-14H2,1-3H3,(H2,21,22,23);1H. The van der Waals surface area contributed by atoms with Gasteiger partial charge in [-0.15, -0.1) is 24.0 Å². The Kier molecular flexibility index (Phi) is 9.87. The summed E-state index contributed by atoms with van der Waals surface area (Å²) in [6.07, 6.45) is 1.00. The average Bonchev–Trinajstić information content (AvgIpc) is 2.65. The van der Waals surface area contributed by atoms with Crippen LogP contribution in [0.2, 0.25) is 0 Å². The van der Waals surface area contributed by atoms with Crippen molar-refractivity contribution in [2.45, 2.75) is 33.4 Å². The molecule has 2 aromatic rings. The molecule has 0 aliphatic rings. The zero-order valence-electron chi connectivity index (χ0n) is 15.6. The quantitative estimate of drug-likeness (QED) is 0.328. The molecule has 0 fully saturated rings. The molecule has 2 rings (SSSR count). The number of para-hydroxylation sites is 1. The van der Waals surface area contributed by atoms with Crippen LogP contribution in [0.15, 0.2) is 47.5 Å². The van der Waals surface area contributed by atoms with E-state index in [1.807, 2.05) is 19.1 Å². The molecular weight excluding hydrogens is 441 g/mol. The summed E-state index contributed by atoms with van der Waals surface area (Å²) in [6.45, 7) is 6.03. The molecule has 0 spiro atoms. The molecule has 0 radical (unpaired) electrons. The van der Waals surface area contributed by atoms with E-state index in [1.165, 1.54) is 11.1 Å². The number of halogens is 1. The predicted octanol–water partition coefficient (Wildman–Crippen LogP) is 3.84. The maximum absolute atomic E-state index is 10.2. The second-order valence-corrected chi connectivity index (χ2v) is 5.64. The van der Waals surface area contributed by atoms with Crippen molar-refractivity contribution in [3.63, 3.8) is 0 Å². The Morgan fingerprint density at radius 1 is 1.00 bits per heavy atom. The second kappa shape index (κ2) is 11.6. The van der Waals surface area contributed by atoms with Gasteiger partial charge in [-0.05, 0) is 30.5 Å². The average molecular weight is 469 g/mol. The number of aliphatic imine (C=N–C) groups is 1. The number of benzene rings is 2. The second-order valence-electron chi connectivity index (χ2n) is 5.64. The third-order valence-corrected chi connectivity index (χ3v) is 4.00. The summed E-state index contributed by atoms with van der Waals surface area (Å²) < 4.78 is 5.14. The first kappa shape index (κ1) is 22.1. The van der Waals surface area contributed by atoms with Gasteiger partial charge in [0.1, 0.15) is 0 Å². The number of guanidine groups is 1. The SMILES string of the molecule is CCNC(=NCc1cccc(OC)c1O)NCc1ccccc1CC.I. The molecule has 142 valence electrons. The smallest absolute Gasteiger partial charge is 0.191 e. The fraction of sp³-hybridized carbons (Fsp3) is 0.350. The van der Waals surface area contributed by atoms with E-state index in [9.17, 15) is 5.11 Å². The van der Waals surface area contributed by atoms with E-state index >= 15 is 0 Å². The summed E-state index contributed by atoms with van der Waals surface area (Å²) in [4.78, 5) is 4.57. The highest BCUT2D eigenvalue weighted by Crippen LogP contribution is 2.29. The van der Waals surface area contributed by atoms with Crippen LogP contribution in [0.4, 0.5) is 0 Å². The van der Waals surface area contributed by atoms with Crippen molar-refractivity contribution >= 4 is 29.9 Å². The van der Waals surface area contributed by atoms with Crippen LogP contribution < -0.4 is 15.4 Å². The van der Waals surface area contributed by atoms with E-state index in [2.05, 4.69) is 46.8 Å². The molecule has 0 aromatic heterocycles. The molecule has 2 aromatic carbocycles. The molecule has 5 nitrogen and oxygen atoms in total. The third-order valence-electron chi connectivity index (χ3n) is 4.00. The Morgan fingerprint density at radius 2 is 1.69 bits per heavy atom. The fourth-order valence-electron chi connectivity index (χ4n) is 2.62. The van der Waals surface area contributed by atoms with Crippen molar-refractivity contribution in [3.8, 4) is 11.5 Å². The number of aryl methyl sites for hydroxylation is 1. The Bertz CT molecular complexity index is 720. The van der Waals surface area contributed by atoms with Gasteiger partial charge in [0.2, 0.25) is 0 Å². The molecular formula is C20H28IN3O2. The summed E-state index contributed by atoms with van der Waals surface area (Å²) in [6, 6.07) is 13.8. The predicted molar refractivity (Wildman–Crippen MR) is 118 cm³/mol. The summed E-state index contributed by atoms with van der Waals surface area (Å²) in [5.74, 6) is 1.32. The van der Waals surface area contributed by atoms with Crippen molar-refractivity contribution in [2.75, 3.05) is 13.7 Å². The van der Waals surface area contributed by atoms with E-state index in [4.69, 9.17) is 4.74 Å². The van der Waals surface area contributed by atoms with Gasteiger partial charge in [0.15, 0.2) is 17.5 Å². The minimum atomic E-state index is 0. The number of phenolic OH excluding ortho intramolecular Hbond substituents is 1. The molecule has 0 atom stereocenters. The Morgan fingerprint density at radius 3 is 2.35 bits per heavy atom. The van der Waals surface area contributed by atoms with Crippen molar-refractivity contribution < 1.29 is 9.84 Å². The summed E-state index contributed by atoms with van der Waals surface area (Å²) >= 11 is 0. The number of rotatable bonds is 7. The number of phenols is 1. The monoisotopic (exact) mass is 469 g/mol. The van der Waals surface area contributed by atoms with E-state index < -0.39 is 0 Å². The molecule has 0 saturated heterocycles. The molecule has 0 aliphatic heterocycles. The van der Waals surface area contributed by atoms with Crippen molar-refractivity contribution in [3.05, 3.63) is 59.2 Å². The Balaban J connectivity index is 0.00000338. The van der Waals surface area contributed by atoms with Crippen LogP contribution in [0, 0.1) is 0 Å². The molecule has 0 heterocycles. The van der Waals surface area contributed by atoms with E-state index in [1.54, 1.807) is 13.2 Å². The summed E-state index contributed by atoms with van der Waals surface area (Å²) in [5, 5.41) is 16.8. The fourth-order valence-corrected chi connectivity index (χ4v) is 2.62. The van der Waals surface area contributed by atoms with Gasteiger partial charge in [0, 0.05) is 18.7 Å². The molecule has 0 bridgehead atoms. The number of aromatic hydroxyl groups is 1. The van der Waals surface area contributed by atoms with E-state index in [0.717, 1.165) is 24.5 Å². The molecule has 0 amide bonds. The van der Waals surface area contributed by atoms with E-state index in [-0.39, 0.29) is 29.7 Å². The zero-order valence-corrected chi connectivity index (χ0v) is 17.9. The molecule has 3 N–H and O–H groups in total. The van der Waals surface area contributed by atoms with Crippen LogP contribution >= 0.6 is 24.0 Å². The maximum atomic E-state index is 10.2. The zero-order chi connectivity index (χ0) is 18.1. The lowest BCUT2D eigenvalue weighted by atomic mass is 10.1. The van der Waals surface area contributed by atoms with Gasteiger partial charge in [0.25, 0.3) is 0 Å². The van der Waals surface area contributed by atoms with Gasteiger partial charge in [-0.3, -0.25) is 0 Å². The molecule has 0 aliphatic carbocycles. The topological polar surface area (TPSA) is 65.9 Å². The van der Waals surface area contributed by atoms with Crippen LogP contribution in [0.5, 0.6) is 11.5 Å². The summed E-state index contributed by atoms with van der Waals surface area (Å²) in [7, 11) is 1.54. The van der Waals surface area contributed by atoms with Crippen LogP contribution in [0.25, 0.3) is 0 Å². The molecule has 6 heteroatoms. The van der Waals surface area contributed by atoms with Gasteiger partial charge >= 0.3 is 0 Å². The lowest BCUT2D eigenvalue weighted by Crippen LogP contribution is -2.37. The normalized spacial score (nSPS) is 10.8. The van der Waals surface area contributed by atoms with Crippen molar-refractivity contribution in [2.24, 2.45) is 4.99 Å². The van der Waals surface area contributed by atoms with Crippen LogP contribution in [0.3, 0.4) is 0 Å². The number of hydrogen-bond donors (Lipinski definition) is 3. The van der Waals surface area contributed by atoms with Gasteiger partial charge < -0.3 is 20.5 Å². The Labute approximate surface area is 172 Å². The number of nitrogens with zero attached hydrogens (tertiary/aromatic N) is 1. The highest BCUT2D eigenvalue weighted by molar-refractivity contribution is 14.0. The highest BCUT2D eigenvalue weighted by Gasteiger charge is 2.07. The minimum absolute atomic E-state index is 0. The lowest BCUT2D eigenvalue weighted by molar-refractivity contribution is 0.370. The number of nitrogens with one attached hydrogen (secondary N) is 2. The maximum Gasteiger partial charge on any atom is 0.191 e. The number of hydrogen-bond acceptors (Lipinski definition) is 3. The molecule has 0 saturated carbocycles. The van der Waals surface area contributed by atoms with E-state index in [0.29, 0.717) is 18.8 Å². The van der Waals surface area contributed by atoms with Gasteiger partial charge in [-0.1, -0.05) is 43.3 Å². The van der Waals surface area contributed by atoms with Gasteiger partial charge in [-0.2, -0.15) is 0 Å². The van der Waals surface area contributed by atoms with Crippen LogP contribution in [-0.2, 0) is 19.5 Å². The number of ether oxygens (including phenoxy) is 1. The Hall–Kier alpha value is -1.96. The third kappa shape index (κ3) is 6.09. The van der Waals surface area contributed by atoms with Crippen molar-refractivity contribution in [1.82, 2.24) is 10.6 Å². The van der Waals surface area contributed by atoms with Crippen LogP contribution in [-0.4, -0.2) is 24.7 Å². The highest BCUT2D eigenvalue weighted by atomic mass is 127.